The minimum atomic E-state index is -1.12. The van der Waals surface area contributed by atoms with Crippen LogP contribution in [0.4, 0.5) is 9.80 Å². The third-order valence-corrected chi connectivity index (χ3v) is 6.86. The van der Waals surface area contributed by atoms with E-state index in [-0.39, 0.29) is 23.1 Å². The van der Waals surface area contributed by atoms with Crippen molar-refractivity contribution in [2.75, 3.05) is 19.0 Å². The Bertz CT molecular complexity index is 1330. The molecular weight excluding hydrogens is 450 g/mol. The van der Waals surface area contributed by atoms with Crippen molar-refractivity contribution < 1.29 is 24.2 Å². The molecule has 7 heteroatoms. The molecule has 0 aliphatic heterocycles. The minimum Gasteiger partial charge on any atom is -0.497 e. The number of anilines is 1. The summed E-state index contributed by atoms with van der Waals surface area (Å²) in [4.78, 5) is 24.7. The number of carbonyl (C=O) groups is 2. The zero-order valence-electron chi connectivity index (χ0n) is 18.3. The van der Waals surface area contributed by atoms with Gasteiger partial charge in [-0.05, 0) is 39.9 Å². The normalized spacial score (nSPS) is 12.0. The van der Waals surface area contributed by atoms with Gasteiger partial charge in [-0.2, -0.15) is 0 Å². The molecule has 2 N–H and O–H groups in total. The first-order valence-corrected chi connectivity index (χ1v) is 11.6. The number of hydrogen-bond acceptors (Lipinski definition) is 5. The standard InChI is InChI=1S/C27H21NO5S/c1-32-17-12-10-16(11-13-17)23-15-34-25(24(23)26(29)30)28-27(31)33-14-22-20-8-4-2-6-18(20)19-7-3-5-9-21(19)22/h2-13,15,22H,14H2,1H3,(H,28,31)(H,29,30). The first-order valence-electron chi connectivity index (χ1n) is 10.7. The second kappa shape index (κ2) is 9.03. The lowest BCUT2D eigenvalue weighted by molar-refractivity contribution is 0.0699. The topological polar surface area (TPSA) is 84.9 Å². The lowest BCUT2D eigenvalue weighted by Crippen LogP contribution is -2.18. The molecule has 0 spiro atoms. The molecule has 0 saturated heterocycles. The van der Waals surface area contributed by atoms with E-state index in [9.17, 15) is 14.7 Å². The summed E-state index contributed by atoms with van der Waals surface area (Å²) in [7, 11) is 1.57. The highest BCUT2D eigenvalue weighted by molar-refractivity contribution is 7.15. The maximum atomic E-state index is 12.7. The molecule has 5 rings (SSSR count). The number of amides is 1. The van der Waals surface area contributed by atoms with Crippen LogP contribution in [0.1, 0.15) is 27.4 Å². The number of nitrogens with one attached hydrogen (secondary N) is 1. The van der Waals surface area contributed by atoms with Crippen LogP contribution in [0.3, 0.4) is 0 Å². The van der Waals surface area contributed by atoms with Gasteiger partial charge >= 0.3 is 12.1 Å². The van der Waals surface area contributed by atoms with Crippen LogP contribution in [0.2, 0.25) is 0 Å². The van der Waals surface area contributed by atoms with Crippen molar-refractivity contribution in [1.82, 2.24) is 0 Å². The Hall–Kier alpha value is -4.10. The Labute approximate surface area is 200 Å². The molecule has 0 atom stereocenters. The van der Waals surface area contributed by atoms with Crippen LogP contribution in [0.5, 0.6) is 5.75 Å². The Morgan fingerprint density at radius 3 is 2.12 bits per heavy atom. The molecule has 1 aliphatic carbocycles. The summed E-state index contributed by atoms with van der Waals surface area (Å²) in [5, 5.41) is 14.4. The molecular formula is C27H21NO5S. The highest BCUT2D eigenvalue weighted by Crippen LogP contribution is 2.44. The lowest BCUT2D eigenvalue weighted by atomic mass is 9.98. The van der Waals surface area contributed by atoms with E-state index < -0.39 is 12.1 Å². The van der Waals surface area contributed by atoms with E-state index >= 15 is 0 Å². The highest BCUT2D eigenvalue weighted by atomic mass is 32.1. The van der Waals surface area contributed by atoms with Crippen molar-refractivity contribution in [3.05, 3.63) is 94.9 Å². The van der Waals surface area contributed by atoms with Crippen molar-refractivity contribution in [1.29, 1.82) is 0 Å². The number of fused-ring (bicyclic) bond motifs is 3. The third-order valence-electron chi connectivity index (χ3n) is 5.97. The molecule has 34 heavy (non-hydrogen) atoms. The van der Waals surface area contributed by atoms with E-state index in [2.05, 4.69) is 17.4 Å². The fourth-order valence-electron chi connectivity index (χ4n) is 4.37. The molecule has 0 radical (unpaired) electrons. The van der Waals surface area contributed by atoms with Crippen molar-refractivity contribution in [3.8, 4) is 28.0 Å². The molecule has 1 heterocycles. The van der Waals surface area contributed by atoms with Gasteiger partial charge < -0.3 is 14.6 Å². The van der Waals surface area contributed by atoms with E-state index in [0.717, 1.165) is 39.2 Å². The number of methoxy groups -OCH3 is 1. The number of carbonyl (C=O) groups excluding carboxylic acids is 1. The molecule has 0 fully saturated rings. The van der Waals surface area contributed by atoms with Gasteiger partial charge in [0.05, 0.1) is 7.11 Å². The summed E-state index contributed by atoms with van der Waals surface area (Å²) < 4.78 is 10.7. The predicted octanol–water partition coefficient (Wildman–Crippen LogP) is 6.48. The molecule has 3 aromatic carbocycles. The summed E-state index contributed by atoms with van der Waals surface area (Å²) >= 11 is 1.15. The van der Waals surface area contributed by atoms with Gasteiger partial charge in [-0.1, -0.05) is 60.7 Å². The van der Waals surface area contributed by atoms with Gasteiger partial charge in [0.15, 0.2) is 0 Å². The average molecular weight is 472 g/mol. The van der Waals surface area contributed by atoms with Crippen LogP contribution >= 0.6 is 11.3 Å². The summed E-state index contributed by atoms with van der Waals surface area (Å²) in [5.41, 5.74) is 5.78. The zero-order chi connectivity index (χ0) is 23.7. The molecule has 0 unspecified atom stereocenters. The maximum Gasteiger partial charge on any atom is 0.412 e. The van der Waals surface area contributed by atoms with Crippen LogP contribution in [-0.4, -0.2) is 30.9 Å². The second-order valence-electron chi connectivity index (χ2n) is 7.84. The quantitative estimate of drug-likeness (QED) is 0.336. The summed E-state index contributed by atoms with van der Waals surface area (Å²) in [6.45, 7) is 0.152. The van der Waals surface area contributed by atoms with Crippen molar-refractivity contribution >= 4 is 28.4 Å². The Balaban J connectivity index is 1.34. The monoisotopic (exact) mass is 471 g/mol. The Morgan fingerprint density at radius 1 is 0.912 bits per heavy atom. The van der Waals surface area contributed by atoms with E-state index in [1.165, 1.54) is 0 Å². The number of rotatable bonds is 6. The van der Waals surface area contributed by atoms with Gasteiger partial charge in [-0.15, -0.1) is 11.3 Å². The number of ether oxygens (including phenoxy) is 2. The van der Waals surface area contributed by atoms with Crippen molar-refractivity contribution in [2.24, 2.45) is 0 Å². The van der Waals surface area contributed by atoms with Gasteiger partial charge in [-0.3, -0.25) is 5.32 Å². The Morgan fingerprint density at radius 2 is 1.53 bits per heavy atom. The van der Waals surface area contributed by atoms with Gasteiger partial charge in [0.1, 0.15) is 22.9 Å². The molecule has 170 valence electrons. The molecule has 0 saturated carbocycles. The molecule has 1 amide bonds. The van der Waals surface area contributed by atoms with Crippen LogP contribution in [0.25, 0.3) is 22.3 Å². The van der Waals surface area contributed by atoms with Crippen molar-refractivity contribution in [3.63, 3.8) is 0 Å². The van der Waals surface area contributed by atoms with Crippen LogP contribution < -0.4 is 10.1 Å². The van der Waals surface area contributed by atoms with Crippen LogP contribution in [-0.2, 0) is 4.74 Å². The summed E-state index contributed by atoms with van der Waals surface area (Å²) in [5.74, 6) is -0.524. The summed E-state index contributed by atoms with van der Waals surface area (Å²) in [6, 6.07) is 23.3. The minimum absolute atomic E-state index is 0.0312. The van der Waals surface area contributed by atoms with E-state index in [0.29, 0.717) is 11.3 Å². The first kappa shape index (κ1) is 21.7. The Kier molecular flexibility index (Phi) is 5.77. The van der Waals surface area contributed by atoms with Crippen LogP contribution in [0, 0.1) is 0 Å². The third kappa shape index (κ3) is 3.91. The number of benzene rings is 3. The lowest BCUT2D eigenvalue weighted by Gasteiger charge is -2.14. The van der Waals surface area contributed by atoms with Gasteiger partial charge in [0, 0.05) is 16.9 Å². The van der Waals surface area contributed by atoms with Gasteiger partial charge in [0.2, 0.25) is 0 Å². The predicted molar refractivity (Wildman–Crippen MR) is 132 cm³/mol. The molecule has 1 aliphatic rings. The number of hydrogen-bond donors (Lipinski definition) is 2. The SMILES string of the molecule is COc1ccc(-c2csc(NC(=O)OCC3c4ccccc4-c4ccccc43)c2C(=O)O)cc1. The van der Waals surface area contributed by atoms with Gasteiger partial charge in [-0.25, -0.2) is 9.59 Å². The highest BCUT2D eigenvalue weighted by Gasteiger charge is 2.29. The van der Waals surface area contributed by atoms with Crippen LogP contribution in [0.15, 0.2) is 78.2 Å². The maximum absolute atomic E-state index is 12.7. The smallest absolute Gasteiger partial charge is 0.412 e. The number of carboxylic acids is 1. The van der Waals surface area contributed by atoms with Crippen molar-refractivity contribution in [2.45, 2.75) is 5.92 Å². The molecule has 1 aromatic heterocycles. The average Bonchev–Trinajstić information content (AvgIpc) is 3.42. The fourth-order valence-corrected chi connectivity index (χ4v) is 5.32. The number of carboxylic acid groups (broad SMARTS) is 1. The van der Waals surface area contributed by atoms with E-state index in [1.807, 2.05) is 36.4 Å². The fraction of sp³-hybridized carbons (Fsp3) is 0.111. The largest absolute Gasteiger partial charge is 0.497 e. The van der Waals surface area contributed by atoms with E-state index in [4.69, 9.17) is 9.47 Å². The number of aromatic carboxylic acids is 1. The zero-order valence-corrected chi connectivity index (χ0v) is 19.1. The molecule has 0 bridgehead atoms. The second-order valence-corrected chi connectivity index (χ2v) is 8.72. The van der Waals surface area contributed by atoms with E-state index in [1.54, 1.807) is 36.8 Å². The molecule has 4 aromatic rings. The summed E-state index contributed by atoms with van der Waals surface area (Å²) in [6.07, 6.45) is -0.688. The molecule has 6 nitrogen and oxygen atoms in total. The first-order chi connectivity index (χ1) is 16.6. The number of thiophene rings is 1. The van der Waals surface area contributed by atoms with Gasteiger partial charge in [0.25, 0.3) is 0 Å².